The molecule has 2 unspecified atom stereocenters. The molecule has 16 heavy (non-hydrogen) atoms. The second kappa shape index (κ2) is 4.92. The monoisotopic (exact) mass is 246 g/mol. The van der Waals surface area contributed by atoms with Gasteiger partial charge in [-0.25, -0.2) is 0 Å². The average Bonchev–Trinajstić information content (AvgIpc) is 2.91. The number of hydrogen-bond acceptors (Lipinski definition) is 2. The predicted molar refractivity (Wildman–Crippen MR) is 67.5 cm³/mol. The molecule has 2 fully saturated rings. The predicted octanol–water partition coefficient (Wildman–Crippen LogP) is 1.79. The molecular weight excluding hydrogens is 224 g/mol. The van der Waals surface area contributed by atoms with Crippen molar-refractivity contribution in [3.05, 3.63) is 0 Å². The minimum atomic E-state index is -0.479. The molecule has 2 N–H and O–H groups in total. The van der Waals surface area contributed by atoms with Crippen LogP contribution in [0.5, 0.6) is 0 Å². The molecule has 1 saturated heterocycles. The molecule has 2 rings (SSSR count). The molecule has 2 atom stereocenters. The molecule has 1 heterocycles. The van der Waals surface area contributed by atoms with Crippen molar-refractivity contribution in [3.8, 4) is 0 Å². The summed E-state index contributed by atoms with van der Waals surface area (Å²) in [5, 5.41) is 0. The lowest BCUT2D eigenvalue weighted by molar-refractivity contribution is -0.134. The fourth-order valence-corrected chi connectivity index (χ4v) is 2.57. The minimum absolute atomic E-state index is 0. The molecule has 0 aromatic carbocycles. The highest BCUT2D eigenvalue weighted by molar-refractivity contribution is 5.89. The van der Waals surface area contributed by atoms with Gasteiger partial charge in [-0.3, -0.25) is 4.79 Å². The summed E-state index contributed by atoms with van der Waals surface area (Å²) in [4.78, 5) is 14.1. The molecule has 0 bridgehead atoms. The highest BCUT2D eigenvalue weighted by Crippen LogP contribution is 2.35. The maximum atomic E-state index is 12.1. The number of carbonyl (C=O) groups is 1. The molecule has 1 aliphatic heterocycles. The van der Waals surface area contributed by atoms with Crippen LogP contribution in [0.3, 0.4) is 0 Å². The lowest BCUT2D eigenvalue weighted by Gasteiger charge is -2.25. The third kappa shape index (κ3) is 2.89. The van der Waals surface area contributed by atoms with Crippen LogP contribution >= 0.6 is 12.4 Å². The third-order valence-corrected chi connectivity index (χ3v) is 3.73. The van der Waals surface area contributed by atoms with E-state index < -0.39 is 5.54 Å². The number of nitrogens with two attached hydrogens (primary N) is 1. The molecule has 0 aromatic rings. The zero-order chi connectivity index (χ0) is 11.1. The van der Waals surface area contributed by atoms with Crippen LogP contribution in [-0.4, -0.2) is 29.4 Å². The Bertz CT molecular complexity index is 266. The van der Waals surface area contributed by atoms with Gasteiger partial charge >= 0.3 is 0 Å². The van der Waals surface area contributed by atoms with Crippen molar-refractivity contribution in [2.45, 2.75) is 45.1 Å². The Hall–Kier alpha value is -0.280. The summed E-state index contributed by atoms with van der Waals surface area (Å²) in [6.45, 7) is 6.32. The Balaban J connectivity index is 0.00000128. The summed E-state index contributed by atoms with van der Waals surface area (Å²) < 4.78 is 0. The van der Waals surface area contributed by atoms with E-state index in [9.17, 15) is 4.79 Å². The van der Waals surface area contributed by atoms with Crippen molar-refractivity contribution in [3.63, 3.8) is 0 Å². The Morgan fingerprint density at radius 3 is 2.50 bits per heavy atom. The van der Waals surface area contributed by atoms with Crippen LogP contribution in [0.25, 0.3) is 0 Å². The molecule has 3 nitrogen and oxygen atoms in total. The van der Waals surface area contributed by atoms with Crippen LogP contribution in [0.15, 0.2) is 0 Å². The van der Waals surface area contributed by atoms with Gasteiger partial charge in [0.15, 0.2) is 0 Å². The molecule has 0 spiro atoms. The van der Waals surface area contributed by atoms with E-state index in [4.69, 9.17) is 5.73 Å². The second-order valence-corrected chi connectivity index (χ2v) is 5.64. The highest BCUT2D eigenvalue weighted by Gasteiger charge is 2.48. The van der Waals surface area contributed by atoms with Crippen LogP contribution in [0, 0.1) is 11.8 Å². The quantitative estimate of drug-likeness (QED) is 0.767. The summed E-state index contributed by atoms with van der Waals surface area (Å²) in [7, 11) is 0. The van der Waals surface area contributed by atoms with Crippen molar-refractivity contribution in [2.24, 2.45) is 17.6 Å². The van der Waals surface area contributed by atoms with E-state index in [1.807, 2.05) is 4.90 Å². The first-order valence-corrected chi connectivity index (χ1v) is 6.09. The zero-order valence-electron chi connectivity index (χ0n) is 10.2. The van der Waals surface area contributed by atoms with E-state index in [0.717, 1.165) is 38.3 Å². The van der Waals surface area contributed by atoms with Gasteiger partial charge in [-0.2, -0.15) is 0 Å². The molecule has 1 amide bonds. The van der Waals surface area contributed by atoms with Crippen molar-refractivity contribution in [2.75, 3.05) is 13.1 Å². The molecule has 1 aliphatic carbocycles. The van der Waals surface area contributed by atoms with Crippen molar-refractivity contribution >= 4 is 18.3 Å². The largest absolute Gasteiger partial charge is 0.341 e. The molecule has 2 aliphatic rings. The first-order chi connectivity index (χ1) is 7.01. The van der Waals surface area contributed by atoms with Crippen LogP contribution < -0.4 is 5.73 Å². The Morgan fingerprint density at radius 1 is 1.31 bits per heavy atom. The fourth-order valence-electron chi connectivity index (χ4n) is 2.57. The smallest absolute Gasteiger partial charge is 0.242 e. The van der Waals surface area contributed by atoms with Crippen LogP contribution in [-0.2, 0) is 4.79 Å². The van der Waals surface area contributed by atoms with Crippen molar-refractivity contribution in [1.29, 1.82) is 0 Å². The Kier molecular flexibility index (Phi) is 4.24. The summed E-state index contributed by atoms with van der Waals surface area (Å²) >= 11 is 0. The van der Waals surface area contributed by atoms with Crippen LogP contribution in [0.2, 0.25) is 0 Å². The molecule has 4 heteroatoms. The molecule has 0 radical (unpaired) electrons. The van der Waals surface area contributed by atoms with Crippen molar-refractivity contribution < 1.29 is 4.79 Å². The van der Waals surface area contributed by atoms with E-state index in [2.05, 4.69) is 13.8 Å². The number of hydrogen-bond donors (Lipinski definition) is 1. The van der Waals surface area contributed by atoms with E-state index in [1.54, 1.807) is 0 Å². The van der Waals surface area contributed by atoms with E-state index >= 15 is 0 Å². The van der Waals surface area contributed by atoms with E-state index in [-0.39, 0.29) is 18.3 Å². The van der Waals surface area contributed by atoms with Crippen molar-refractivity contribution in [1.82, 2.24) is 4.90 Å². The van der Waals surface area contributed by atoms with Gasteiger partial charge in [0.1, 0.15) is 0 Å². The minimum Gasteiger partial charge on any atom is -0.341 e. The first kappa shape index (κ1) is 13.8. The lowest BCUT2D eigenvalue weighted by atomic mass is 9.97. The van der Waals surface area contributed by atoms with Gasteiger partial charge in [0.25, 0.3) is 0 Å². The summed E-state index contributed by atoms with van der Waals surface area (Å²) in [6.07, 6.45) is 4.13. The fraction of sp³-hybridized carbons (Fsp3) is 0.917. The number of carbonyl (C=O) groups excluding carboxylic acids is 1. The topological polar surface area (TPSA) is 46.3 Å². The van der Waals surface area contributed by atoms with E-state index in [1.165, 1.54) is 6.42 Å². The van der Waals surface area contributed by atoms with Gasteiger partial charge in [-0.15, -0.1) is 12.4 Å². The second-order valence-electron chi connectivity index (χ2n) is 5.64. The first-order valence-electron chi connectivity index (χ1n) is 6.09. The summed E-state index contributed by atoms with van der Waals surface area (Å²) in [5.41, 5.74) is 5.48. The maximum Gasteiger partial charge on any atom is 0.242 e. The summed E-state index contributed by atoms with van der Waals surface area (Å²) in [5.74, 6) is 1.56. The average molecular weight is 247 g/mol. The number of halogens is 1. The third-order valence-electron chi connectivity index (χ3n) is 3.73. The van der Waals surface area contributed by atoms with Crippen LogP contribution in [0.4, 0.5) is 0 Å². The normalized spacial score (nSPS) is 32.6. The van der Waals surface area contributed by atoms with Gasteiger partial charge in [-0.05, 0) is 37.5 Å². The molecule has 0 aromatic heterocycles. The Labute approximate surface area is 104 Å². The number of amides is 1. The lowest BCUT2D eigenvalue weighted by Crippen LogP contribution is -2.46. The van der Waals surface area contributed by atoms with Crippen LogP contribution in [0.1, 0.15) is 39.5 Å². The Morgan fingerprint density at radius 2 is 1.94 bits per heavy atom. The zero-order valence-corrected chi connectivity index (χ0v) is 11.1. The molecule has 94 valence electrons. The number of nitrogens with zero attached hydrogens (tertiary/aromatic N) is 1. The number of rotatable bonds is 1. The summed E-state index contributed by atoms with van der Waals surface area (Å²) in [6, 6.07) is 0. The number of likely N-dealkylation sites (tertiary alicyclic amines) is 1. The SMILES string of the molecule is CC1CCN(C(=O)C2(N)CC2)CC(C)C1.Cl. The molecule has 1 saturated carbocycles. The van der Waals surface area contributed by atoms with E-state index in [0.29, 0.717) is 5.92 Å². The highest BCUT2D eigenvalue weighted by atomic mass is 35.5. The van der Waals surface area contributed by atoms with Gasteiger partial charge in [0.2, 0.25) is 5.91 Å². The van der Waals surface area contributed by atoms with Gasteiger partial charge < -0.3 is 10.6 Å². The maximum absolute atomic E-state index is 12.1. The van der Waals surface area contributed by atoms with Gasteiger partial charge in [-0.1, -0.05) is 13.8 Å². The standard InChI is InChI=1S/C12H22N2O.ClH/c1-9-3-6-14(8-10(2)7-9)11(15)12(13)4-5-12;/h9-10H,3-8,13H2,1-2H3;1H. The molecular formula is C12H23ClN2O. The van der Waals surface area contributed by atoms with Gasteiger partial charge in [0.05, 0.1) is 5.54 Å². The van der Waals surface area contributed by atoms with Gasteiger partial charge in [0, 0.05) is 13.1 Å².